The molecule has 36 heavy (non-hydrogen) atoms. The van der Waals surface area contributed by atoms with Crippen molar-refractivity contribution in [3.8, 4) is 16.9 Å². The van der Waals surface area contributed by atoms with Gasteiger partial charge in [-0.2, -0.15) is 0 Å². The van der Waals surface area contributed by atoms with E-state index in [0.717, 1.165) is 67.0 Å². The van der Waals surface area contributed by atoms with Gasteiger partial charge in [0.2, 0.25) is 0 Å². The highest BCUT2D eigenvalue weighted by Gasteiger charge is 2.26. The molecule has 1 saturated heterocycles. The van der Waals surface area contributed by atoms with Gasteiger partial charge in [0.1, 0.15) is 11.3 Å². The molecular weight excluding hydrogens is 448 g/mol. The molecule has 0 atom stereocenters. The zero-order valence-corrected chi connectivity index (χ0v) is 20.4. The molecule has 2 aliphatic heterocycles. The van der Waals surface area contributed by atoms with Gasteiger partial charge in [0.25, 0.3) is 0 Å². The lowest BCUT2D eigenvalue weighted by Crippen LogP contribution is -2.21. The largest absolute Gasteiger partial charge is 0.494 e. The van der Waals surface area contributed by atoms with Crippen LogP contribution in [0.2, 0.25) is 0 Å². The molecule has 2 aromatic carbocycles. The first-order valence-corrected chi connectivity index (χ1v) is 12.8. The van der Waals surface area contributed by atoms with Crippen molar-refractivity contribution in [1.29, 1.82) is 0 Å². The van der Waals surface area contributed by atoms with Gasteiger partial charge < -0.3 is 14.5 Å². The van der Waals surface area contributed by atoms with Crippen molar-refractivity contribution in [3.05, 3.63) is 78.1 Å². The summed E-state index contributed by atoms with van der Waals surface area (Å²) in [5.74, 6) is 1.75. The maximum Gasteiger partial charge on any atom is 0.159 e. The van der Waals surface area contributed by atoms with E-state index in [4.69, 9.17) is 4.74 Å². The molecule has 6 nitrogen and oxygen atoms in total. The van der Waals surface area contributed by atoms with Gasteiger partial charge >= 0.3 is 0 Å². The Morgan fingerprint density at radius 3 is 2.75 bits per heavy atom. The van der Waals surface area contributed by atoms with E-state index in [0.29, 0.717) is 5.56 Å². The average Bonchev–Trinajstić information content (AvgIpc) is 3.61. The Morgan fingerprint density at radius 1 is 0.972 bits per heavy atom. The fraction of sp³-hybridized carbons (Fsp3) is 0.300. The van der Waals surface area contributed by atoms with Gasteiger partial charge in [-0.05, 0) is 85.8 Å². The van der Waals surface area contributed by atoms with E-state index < -0.39 is 0 Å². The molecule has 0 aliphatic carbocycles. The van der Waals surface area contributed by atoms with Crippen molar-refractivity contribution >= 4 is 28.7 Å². The smallest absolute Gasteiger partial charge is 0.159 e. The van der Waals surface area contributed by atoms with Crippen LogP contribution in [0.4, 0.5) is 11.5 Å². The molecule has 4 aromatic rings. The topological polar surface area (TPSA) is 58.6 Å². The predicted molar refractivity (Wildman–Crippen MR) is 143 cm³/mol. The lowest BCUT2D eigenvalue weighted by atomic mass is 9.97. The van der Waals surface area contributed by atoms with Crippen LogP contribution in [-0.2, 0) is 6.42 Å². The minimum atomic E-state index is 0.571. The third-order valence-corrected chi connectivity index (χ3v) is 7.25. The Hall–Kier alpha value is -3.77. The van der Waals surface area contributed by atoms with E-state index in [2.05, 4.69) is 56.2 Å². The van der Waals surface area contributed by atoms with Crippen LogP contribution in [0.3, 0.4) is 0 Å². The molecule has 0 unspecified atom stereocenters. The number of nitrogens with zero attached hydrogens (tertiary/aromatic N) is 4. The van der Waals surface area contributed by atoms with Crippen LogP contribution < -0.4 is 9.64 Å². The molecule has 2 aromatic heterocycles. The number of ether oxygens (including phenoxy) is 1. The molecule has 4 heterocycles. The predicted octanol–water partition coefficient (Wildman–Crippen LogP) is 5.67. The van der Waals surface area contributed by atoms with Gasteiger partial charge in [0.05, 0.1) is 6.61 Å². The van der Waals surface area contributed by atoms with E-state index in [-0.39, 0.29) is 0 Å². The number of hydrogen-bond donors (Lipinski definition) is 0. The van der Waals surface area contributed by atoms with Crippen molar-refractivity contribution in [2.24, 2.45) is 0 Å². The van der Waals surface area contributed by atoms with Crippen molar-refractivity contribution < 1.29 is 9.53 Å². The molecule has 0 spiro atoms. The third kappa shape index (κ3) is 4.44. The second-order valence-corrected chi connectivity index (χ2v) is 9.58. The average molecular weight is 479 g/mol. The molecule has 0 bridgehead atoms. The maximum atomic E-state index is 11.2. The molecule has 0 radical (unpaired) electrons. The number of benzene rings is 2. The molecule has 0 amide bonds. The SMILES string of the molecule is O=Cc1cnc2c(N3CCc4c(-c5cccc(OCCCN6CCCC6)c5)cccc43)nccc2c1. The molecule has 2 aliphatic rings. The molecule has 0 saturated carbocycles. The number of carbonyl (C=O) groups excluding carboxylic acids is 1. The first-order chi connectivity index (χ1) is 17.8. The van der Waals surface area contributed by atoms with Gasteiger partial charge in [-0.3, -0.25) is 9.78 Å². The van der Waals surface area contributed by atoms with Crippen LogP contribution in [0.1, 0.15) is 35.2 Å². The minimum Gasteiger partial charge on any atom is -0.494 e. The number of carbonyl (C=O) groups is 1. The van der Waals surface area contributed by atoms with Crippen LogP contribution in [0, 0.1) is 0 Å². The lowest BCUT2D eigenvalue weighted by Gasteiger charge is -2.20. The molecule has 0 N–H and O–H groups in total. The zero-order valence-electron chi connectivity index (χ0n) is 20.4. The Kier molecular flexibility index (Phi) is 6.35. The summed E-state index contributed by atoms with van der Waals surface area (Å²) in [7, 11) is 0. The molecular formula is C30H30N4O2. The second kappa shape index (κ2) is 10.1. The highest BCUT2D eigenvalue weighted by atomic mass is 16.5. The van der Waals surface area contributed by atoms with Gasteiger partial charge in [-0.15, -0.1) is 0 Å². The quantitative estimate of drug-likeness (QED) is 0.240. The number of aromatic nitrogens is 2. The van der Waals surface area contributed by atoms with Crippen LogP contribution in [0.15, 0.2) is 67.0 Å². The Balaban J connectivity index is 1.24. The summed E-state index contributed by atoms with van der Waals surface area (Å²) < 4.78 is 6.12. The number of fused-ring (bicyclic) bond motifs is 2. The standard InChI is InChI=1S/C30H30N4O2/c35-21-22-18-24-10-12-31-30(29(24)32-20-22)34-16-11-27-26(8-4-9-28(27)34)23-6-3-7-25(19-23)36-17-5-15-33-13-1-2-14-33/h3-4,6-10,12,18-21H,1-2,5,11,13-17H2. The van der Waals surface area contributed by atoms with Crippen molar-refractivity contribution in [3.63, 3.8) is 0 Å². The van der Waals surface area contributed by atoms with E-state index in [1.54, 1.807) is 12.4 Å². The summed E-state index contributed by atoms with van der Waals surface area (Å²) in [6.45, 7) is 5.16. The number of hydrogen-bond acceptors (Lipinski definition) is 6. The molecule has 182 valence electrons. The van der Waals surface area contributed by atoms with Gasteiger partial charge in [-0.25, -0.2) is 4.98 Å². The summed E-state index contributed by atoms with van der Waals surface area (Å²) in [6, 6.07) is 18.7. The van der Waals surface area contributed by atoms with E-state index in [1.165, 1.54) is 42.6 Å². The number of likely N-dealkylation sites (tertiary alicyclic amines) is 1. The molecule has 6 heteroatoms. The Morgan fingerprint density at radius 2 is 1.86 bits per heavy atom. The van der Waals surface area contributed by atoms with Gasteiger partial charge in [-0.1, -0.05) is 24.3 Å². The lowest BCUT2D eigenvalue weighted by molar-refractivity contribution is 0.112. The summed E-state index contributed by atoms with van der Waals surface area (Å²) >= 11 is 0. The summed E-state index contributed by atoms with van der Waals surface area (Å²) in [5, 5.41) is 0.920. The fourth-order valence-electron chi connectivity index (χ4n) is 5.49. The van der Waals surface area contributed by atoms with E-state index in [9.17, 15) is 4.79 Å². The van der Waals surface area contributed by atoms with Crippen molar-refractivity contribution in [2.75, 3.05) is 37.7 Å². The van der Waals surface area contributed by atoms with E-state index >= 15 is 0 Å². The highest BCUT2D eigenvalue weighted by Crippen LogP contribution is 2.41. The van der Waals surface area contributed by atoms with Gasteiger partial charge in [0.15, 0.2) is 12.1 Å². The Bertz CT molecular complexity index is 1400. The zero-order chi connectivity index (χ0) is 24.3. The Labute approximate surface area is 211 Å². The summed E-state index contributed by atoms with van der Waals surface area (Å²) in [5.41, 5.74) is 6.25. The highest BCUT2D eigenvalue weighted by molar-refractivity contribution is 5.94. The monoisotopic (exact) mass is 478 g/mol. The first kappa shape index (κ1) is 22.7. The summed E-state index contributed by atoms with van der Waals surface area (Å²) in [6.07, 6.45) is 8.88. The van der Waals surface area contributed by atoms with Crippen LogP contribution in [0.25, 0.3) is 22.0 Å². The fourth-order valence-corrected chi connectivity index (χ4v) is 5.49. The number of pyridine rings is 2. The first-order valence-electron chi connectivity index (χ1n) is 12.8. The van der Waals surface area contributed by atoms with Gasteiger partial charge in [0, 0.05) is 42.1 Å². The van der Waals surface area contributed by atoms with Crippen molar-refractivity contribution in [2.45, 2.75) is 25.7 Å². The minimum absolute atomic E-state index is 0.571. The molecule has 6 rings (SSSR count). The molecule has 1 fully saturated rings. The third-order valence-electron chi connectivity index (χ3n) is 7.25. The second-order valence-electron chi connectivity index (χ2n) is 9.58. The number of aldehydes is 1. The van der Waals surface area contributed by atoms with Crippen molar-refractivity contribution in [1.82, 2.24) is 14.9 Å². The van der Waals surface area contributed by atoms with E-state index in [1.807, 2.05) is 18.2 Å². The van der Waals surface area contributed by atoms with Crippen LogP contribution in [0.5, 0.6) is 5.75 Å². The normalized spacial score (nSPS) is 15.4. The van der Waals surface area contributed by atoms with Crippen LogP contribution in [-0.4, -0.2) is 53.9 Å². The maximum absolute atomic E-state index is 11.2. The summed E-state index contributed by atoms with van der Waals surface area (Å²) in [4.78, 5) is 25.2. The van der Waals surface area contributed by atoms with Crippen LogP contribution >= 0.6 is 0 Å². The number of rotatable bonds is 8. The number of anilines is 2.